The van der Waals surface area contributed by atoms with Crippen LogP contribution in [0.2, 0.25) is 0 Å². The minimum absolute atomic E-state index is 0.422. The van der Waals surface area contributed by atoms with Crippen molar-refractivity contribution in [3.63, 3.8) is 0 Å². The van der Waals surface area contributed by atoms with Crippen LogP contribution in [0, 0.1) is 6.92 Å². The molecule has 2 aromatic rings. The molecule has 1 aromatic heterocycles. The Balaban J connectivity index is 2.06. The molecule has 1 heterocycles. The van der Waals surface area contributed by atoms with E-state index in [1.54, 1.807) is 0 Å². The van der Waals surface area contributed by atoms with Crippen molar-refractivity contribution in [2.75, 3.05) is 33.9 Å². The van der Waals surface area contributed by atoms with Gasteiger partial charge in [-0.25, -0.2) is 4.98 Å². The first kappa shape index (κ1) is 15.3. The minimum atomic E-state index is 0.422. The Morgan fingerprint density at radius 2 is 2.10 bits per heavy atom. The van der Waals surface area contributed by atoms with Crippen molar-refractivity contribution < 1.29 is 4.74 Å². The van der Waals surface area contributed by atoms with Gasteiger partial charge in [-0.2, -0.15) is 0 Å². The van der Waals surface area contributed by atoms with Crippen molar-refractivity contribution in [1.29, 1.82) is 0 Å². The second-order valence-corrected chi connectivity index (χ2v) is 5.49. The van der Waals surface area contributed by atoms with Gasteiger partial charge >= 0.3 is 0 Å². The van der Waals surface area contributed by atoms with Crippen molar-refractivity contribution in [3.8, 4) is 0 Å². The van der Waals surface area contributed by atoms with E-state index >= 15 is 0 Å². The van der Waals surface area contributed by atoms with Crippen LogP contribution in [0.5, 0.6) is 0 Å². The zero-order valence-corrected chi connectivity index (χ0v) is 13.2. The SMILES string of the molecule is Cc1ccc2nc(CCl)n(CCOCCN(C)C)c2c1. The van der Waals surface area contributed by atoms with Crippen molar-refractivity contribution in [2.24, 2.45) is 0 Å². The van der Waals surface area contributed by atoms with Gasteiger partial charge in [-0.15, -0.1) is 11.6 Å². The third-order valence-electron chi connectivity index (χ3n) is 3.24. The van der Waals surface area contributed by atoms with Gasteiger partial charge in [-0.1, -0.05) is 6.07 Å². The Labute approximate surface area is 125 Å². The average molecular weight is 296 g/mol. The fourth-order valence-electron chi connectivity index (χ4n) is 2.14. The lowest BCUT2D eigenvalue weighted by molar-refractivity contribution is 0.111. The number of benzene rings is 1. The molecule has 2 rings (SSSR count). The lowest BCUT2D eigenvalue weighted by Gasteiger charge is -2.11. The highest BCUT2D eigenvalue weighted by atomic mass is 35.5. The number of halogens is 1. The van der Waals surface area contributed by atoms with E-state index in [1.165, 1.54) is 5.56 Å². The standard InChI is InChI=1S/C15H22ClN3O/c1-12-4-5-13-14(10-12)19(15(11-16)17-13)7-9-20-8-6-18(2)3/h4-5,10H,6-9,11H2,1-3H3. The first-order chi connectivity index (χ1) is 9.61. The highest BCUT2D eigenvalue weighted by Gasteiger charge is 2.09. The van der Waals surface area contributed by atoms with Gasteiger partial charge in [-0.05, 0) is 38.7 Å². The molecular weight excluding hydrogens is 274 g/mol. The molecule has 0 aliphatic carbocycles. The van der Waals surface area contributed by atoms with Crippen LogP contribution in [0.1, 0.15) is 11.4 Å². The molecule has 0 saturated carbocycles. The average Bonchev–Trinajstić information content (AvgIpc) is 2.75. The monoisotopic (exact) mass is 295 g/mol. The maximum absolute atomic E-state index is 5.99. The maximum atomic E-state index is 5.99. The number of alkyl halides is 1. The number of likely N-dealkylation sites (N-methyl/N-ethyl adjacent to an activating group) is 1. The van der Waals surface area contributed by atoms with Crippen LogP contribution in [0.25, 0.3) is 11.0 Å². The fraction of sp³-hybridized carbons (Fsp3) is 0.533. The van der Waals surface area contributed by atoms with E-state index in [0.717, 1.165) is 36.6 Å². The molecule has 0 radical (unpaired) electrons. The van der Waals surface area contributed by atoms with Gasteiger partial charge in [-0.3, -0.25) is 0 Å². The number of fused-ring (bicyclic) bond motifs is 1. The van der Waals surface area contributed by atoms with Crippen LogP contribution in [0.15, 0.2) is 18.2 Å². The number of rotatable bonds is 7. The van der Waals surface area contributed by atoms with Gasteiger partial charge < -0.3 is 14.2 Å². The van der Waals surface area contributed by atoms with Gasteiger partial charge in [0.15, 0.2) is 0 Å². The number of imidazole rings is 1. The van der Waals surface area contributed by atoms with E-state index < -0.39 is 0 Å². The lowest BCUT2D eigenvalue weighted by Crippen LogP contribution is -2.19. The summed E-state index contributed by atoms with van der Waals surface area (Å²) in [6.07, 6.45) is 0. The molecule has 0 unspecified atom stereocenters. The van der Waals surface area contributed by atoms with Gasteiger partial charge in [0.25, 0.3) is 0 Å². The molecule has 0 aliphatic rings. The van der Waals surface area contributed by atoms with E-state index in [1.807, 2.05) is 20.2 Å². The Hall–Kier alpha value is -1.10. The third-order valence-corrected chi connectivity index (χ3v) is 3.48. The van der Waals surface area contributed by atoms with Crippen LogP contribution < -0.4 is 0 Å². The first-order valence-electron chi connectivity index (χ1n) is 6.86. The number of nitrogens with zero attached hydrogens (tertiary/aromatic N) is 3. The first-order valence-corrected chi connectivity index (χ1v) is 7.39. The highest BCUT2D eigenvalue weighted by Crippen LogP contribution is 2.19. The largest absolute Gasteiger partial charge is 0.378 e. The van der Waals surface area contributed by atoms with Crippen LogP contribution in [-0.2, 0) is 17.2 Å². The van der Waals surface area contributed by atoms with E-state index in [0.29, 0.717) is 12.5 Å². The Morgan fingerprint density at radius 1 is 1.30 bits per heavy atom. The summed E-state index contributed by atoms with van der Waals surface area (Å²) in [5, 5.41) is 0. The van der Waals surface area contributed by atoms with Gasteiger partial charge in [0.05, 0.1) is 30.1 Å². The third kappa shape index (κ3) is 3.72. The number of ether oxygens (including phenoxy) is 1. The second-order valence-electron chi connectivity index (χ2n) is 5.22. The van der Waals surface area contributed by atoms with Crippen LogP contribution in [0.3, 0.4) is 0 Å². The smallest absolute Gasteiger partial charge is 0.124 e. The van der Waals surface area contributed by atoms with Crippen molar-refractivity contribution in [1.82, 2.24) is 14.5 Å². The van der Waals surface area contributed by atoms with E-state index in [2.05, 4.69) is 33.5 Å². The Morgan fingerprint density at radius 3 is 2.80 bits per heavy atom. The van der Waals surface area contributed by atoms with Crippen molar-refractivity contribution in [3.05, 3.63) is 29.6 Å². The summed E-state index contributed by atoms with van der Waals surface area (Å²) in [7, 11) is 4.09. The van der Waals surface area contributed by atoms with Crippen LogP contribution in [0.4, 0.5) is 0 Å². The maximum Gasteiger partial charge on any atom is 0.124 e. The van der Waals surface area contributed by atoms with Crippen molar-refractivity contribution in [2.45, 2.75) is 19.3 Å². The zero-order chi connectivity index (χ0) is 14.5. The molecule has 0 aliphatic heterocycles. The van der Waals surface area contributed by atoms with Crippen LogP contribution in [-0.4, -0.2) is 48.3 Å². The second kappa shape index (κ2) is 7.07. The van der Waals surface area contributed by atoms with E-state index in [4.69, 9.17) is 16.3 Å². The lowest BCUT2D eigenvalue weighted by atomic mass is 10.2. The van der Waals surface area contributed by atoms with Crippen LogP contribution >= 0.6 is 11.6 Å². The summed E-state index contributed by atoms with van der Waals surface area (Å²) < 4.78 is 7.82. The Bertz CT molecular complexity index is 565. The summed E-state index contributed by atoms with van der Waals surface area (Å²) in [5.41, 5.74) is 3.37. The molecule has 0 amide bonds. The molecular formula is C15H22ClN3O. The quantitative estimate of drug-likeness (QED) is 0.581. The molecule has 1 aromatic carbocycles. The zero-order valence-electron chi connectivity index (χ0n) is 12.4. The fourth-order valence-corrected chi connectivity index (χ4v) is 2.34. The molecule has 4 nitrogen and oxygen atoms in total. The number of aryl methyl sites for hydroxylation is 1. The van der Waals surface area contributed by atoms with Crippen molar-refractivity contribution >= 4 is 22.6 Å². The summed E-state index contributed by atoms with van der Waals surface area (Å²) in [6, 6.07) is 6.27. The molecule has 0 bridgehead atoms. The molecule has 5 heteroatoms. The summed E-state index contributed by atoms with van der Waals surface area (Å²) in [5.74, 6) is 1.33. The van der Waals surface area contributed by atoms with Gasteiger partial charge in [0, 0.05) is 13.1 Å². The molecule has 0 fully saturated rings. The summed E-state index contributed by atoms with van der Waals surface area (Å²) in [6.45, 7) is 5.23. The number of hydrogen-bond donors (Lipinski definition) is 0. The van der Waals surface area contributed by atoms with Gasteiger partial charge in [0.1, 0.15) is 5.82 Å². The topological polar surface area (TPSA) is 30.3 Å². The molecule has 20 heavy (non-hydrogen) atoms. The highest BCUT2D eigenvalue weighted by molar-refractivity contribution is 6.16. The predicted octanol–water partition coefficient (Wildman–Crippen LogP) is 2.66. The molecule has 0 spiro atoms. The normalized spacial score (nSPS) is 11.7. The summed E-state index contributed by atoms with van der Waals surface area (Å²) >= 11 is 5.99. The Kier molecular flexibility index (Phi) is 5.40. The number of aromatic nitrogens is 2. The number of hydrogen-bond acceptors (Lipinski definition) is 3. The molecule has 0 saturated heterocycles. The molecule has 0 N–H and O–H groups in total. The molecule has 110 valence electrons. The van der Waals surface area contributed by atoms with E-state index in [-0.39, 0.29) is 0 Å². The summed E-state index contributed by atoms with van der Waals surface area (Å²) in [4.78, 5) is 6.68. The molecule has 0 atom stereocenters. The van der Waals surface area contributed by atoms with E-state index in [9.17, 15) is 0 Å². The predicted molar refractivity (Wildman–Crippen MR) is 83.4 cm³/mol. The van der Waals surface area contributed by atoms with Gasteiger partial charge in [0.2, 0.25) is 0 Å². The minimum Gasteiger partial charge on any atom is -0.378 e.